The van der Waals surface area contributed by atoms with E-state index in [0.717, 1.165) is 0 Å². The van der Waals surface area contributed by atoms with Crippen molar-refractivity contribution in [2.24, 2.45) is 0 Å². The highest BCUT2D eigenvalue weighted by Crippen LogP contribution is 1.72. The van der Waals surface area contributed by atoms with E-state index in [-0.39, 0.29) is 6.15 Å². The van der Waals surface area contributed by atoms with E-state index in [0.29, 0.717) is 0 Å². The van der Waals surface area contributed by atoms with Crippen LogP contribution in [0.2, 0.25) is 0 Å². The smallest absolute Gasteiger partial charge is 0.123 e. The predicted molar refractivity (Wildman–Crippen MR) is 18.6 cm³/mol. The van der Waals surface area contributed by atoms with E-state index in [1.807, 2.05) is 0 Å². The number of hydrogen-bond donors (Lipinski definition) is 0. The zero-order chi connectivity index (χ0) is 3.54. The molecule has 0 fully saturated rings. The molecule has 1 aromatic rings. The second-order valence-corrected chi connectivity index (χ2v) is 0.688. The van der Waals surface area contributed by atoms with Gasteiger partial charge < -0.3 is 4.52 Å². The van der Waals surface area contributed by atoms with Crippen molar-refractivity contribution in [1.29, 1.82) is 0 Å². The van der Waals surface area contributed by atoms with Crippen molar-refractivity contribution >= 4 is 0 Å². The molecule has 0 spiro atoms. The van der Waals surface area contributed by atoms with Crippen LogP contribution in [-0.2, 0) is 0 Å². The van der Waals surface area contributed by atoms with Gasteiger partial charge in [0.2, 0.25) is 0 Å². The Labute approximate surface area is 35.5 Å². The molecule has 6 heavy (non-hydrogen) atoms. The summed E-state index contributed by atoms with van der Waals surface area (Å²) in [4.78, 5) is 0. The summed E-state index contributed by atoms with van der Waals surface area (Å²) in [6.07, 6.45) is 3.10. The maximum absolute atomic E-state index is 4.33. The first-order valence-electron chi connectivity index (χ1n) is 1.34. The molecule has 0 bridgehead atoms. The molecule has 1 aromatic heterocycles. The Morgan fingerprint density at radius 2 is 2.33 bits per heavy atom. The summed E-state index contributed by atoms with van der Waals surface area (Å²) in [6, 6.07) is 1.72. The molecule has 0 amide bonds. The summed E-state index contributed by atoms with van der Waals surface area (Å²) in [5.41, 5.74) is 0. The summed E-state index contributed by atoms with van der Waals surface area (Å²) >= 11 is 0. The summed E-state index contributed by atoms with van der Waals surface area (Å²) in [7, 11) is 0. The van der Waals surface area contributed by atoms with Crippen molar-refractivity contribution in [3.63, 3.8) is 0 Å². The Morgan fingerprint density at radius 3 is 2.50 bits per heavy atom. The third kappa shape index (κ3) is 0.858. The lowest BCUT2D eigenvalue weighted by molar-refractivity contribution is 0.420. The van der Waals surface area contributed by atoms with Crippen molar-refractivity contribution in [1.82, 2.24) is 11.3 Å². The number of rotatable bonds is 0. The molecule has 0 aliphatic rings. The van der Waals surface area contributed by atoms with Gasteiger partial charge in [0.05, 0.1) is 6.20 Å². The van der Waals surface area contributed by atoms with Crippen molar-refractivity contribution in [3.8, 4) is 0 Å². The molecule has 1 rings (SSSR count). The quantitative estimate of drug-likeness (QED) is 0.449. The highest BCUT2D eigenvalue weighted by atomic mass is 16.5. The Morgan fingerprint density at radius 1 is 1.50 bits per heavy atom. The molecule has 1 heterocycles. The summed E-state index contributed by atoms with van der Waals surface area (Å²) < 4.78 is 4.33. The first-order chi connectivity index (χ1) is 2.50. The average molecular weight is 83.1 g/mol. The van der Waals surface area contributed by atoms with E-state index in [4.69, 9.17) is 0 Å². The van der Waals surface area contributed by atoms with Gasteiger partial charge in [0.1, 0.15) is 6.26 Å². The van der Waals surface area contributed by atoms with Gasteiger partial charge in [-0.05, 0) is 6.07 Å². The van der Waals surface area contributed by atoms with Gasteiger partial charge in [-0.2, -0.15) is 0 Å². The van der Waals surface area contributed by atoms with E-state index in [2.05, 4.69) is 9.68 Å². The number of nitrogens with zero attached hydrogens (tertiary/aromatic N) is 2. The maximum Gasteiger partial charge on any atom is 0.123 e. The Bertz CT molecular complexity index is 65.3. The molecule has 31 valence electrons. The number of aromatic nitrogens is 1. The van der Waals surface area contributed by atoms with Crippen molar-refractivity contribution in [2.75, 3.05) is 0 Å². The average Bonchev–Trinajstić information content (AvgIpc) is 1.76. The van der Waals surface area contributed by atoms with Crippen LogP contribution in [0.15, 0.2) is 23.0 Å². The van der Waals surface area contributed by atoms with Gasteiger partial charge in [-0.3, -0.25) is 0 Å². The third-order valence-corrected chi connectivity index (χ3v) is 0.347. The fraction of sp³-hybridized carbons (Fsp3) is 0. The third-order valence-electron chi connectivity index (χ3n) is 0.347. The molecule has 0 aliphatic heterocycles. The van der Waals surface area contributed by atoms with Crippen LogP contribution in [0.3, 0.4) is 0 Å². The van der Waals surface area contributed by atoms with Crippen molar-refractivity contribution in [3.05, 3.63) is 18.5 Å². The molecule has 0 atom stereocenters. The lowest BCUT2D eigenvalue weighted by Crippen LogP contribution is -1.38. The van der Waals surface area contributed by atoms with Gasteiger partial charge in [0.25, 0.3) is 0 Å². The Kier molecular flexibility index (Phi) is 2.08. The second kappa shape index (κ2) is 2.41. The fourth-order valence-electron chi connectivity index (χ4n) is 0.176. The highest BCUT2D eigenvalue weighted by Gasteiger charge is 1.60. The van der Waals surface area contributed by atoms with Crippen LogP contribution in [0.5, 0.6) is 0 Å². The first-order valence-corrected chi connectivity index (χ1v) is 1.34. The molecule has 0 aromatic carbocycles. The minimum absolute atomic E-state index is 0. The lowest BCUT2D eigenvalue weighted by atomic mass is 10.8. The second-order valence-electron chi connectivity index (χ2n) is 0.688. The van der Waals surface area contributed by atoms with Crippen LogP contribution in [0, 0.1) is 0 Å². The molecule has 0 aliphatic carbocycles. The fourth-order valence-corrected chi connectivity index (χ4v) is 0.176. The van der Waals surface area contributed by atoms with Crippen LogP contribution >= 0.6 is 0 Å². The highest BCUT2D eigenvalue weighted by molar-refractivity contribution is 4.67. The van der Waals surface area contributed by atoms with Gasteiger partial charge in [0.15, 0.2) is 0 Å². The molecule has 3 heteroatoms. The minimum atomic E-state index is 0. The van der Waals surface area contributed by atoms with Gasteiger partial charge >= 0.3 is 0 Å². The van der Waals surface area contributed by atoms with Gasteiger partial charge in [0, 0.05) is 6.15 Å². The Balaban J connectivity index is 0.000000250. The van der Waals surface area contributed by atoms with Crippen molar-refractivity contribution < 1.29 is 4.52 Å². The molecule has 0 saturated carbocycles. The van der Waals surface area contributed by atoms with Gasteiger partial charge in [-0.25, -0.2) is 0 Å². The largest absolute Gasteiger partial charge is 0.365 e. The molecule has 0 saturated heterocycles. The summed E-state index contributed by atoms with van der Waals surface area (Å²) in [5.74, 6) is 0. The molecule has 0 unspecified atom stereocenters. The van der Waals surface area contributed by atoms with Gasteiger partial charge in [-0.15, -0.1) is 0 Å². The standard InChI is InChI=1S/C3H3NO.N/c1-2-4-5-3-1;/h1-3H;. The topological polar surface area (TPSA) is 56.5 Å². The van der Waals surface area contributed by atoms with Gasteiger partial charge in [-0.1, -0.05) is 5.16 Å². The normalized spacial score (nSPS) is 6.67. The van der Waals surface area contributed by atoms with E-state index < -0.39 is 0 Å². The van der Waals surface area contributed by atoms with Crippen molar-refractivity contribution in [2.45, 2.75) is 0 Å². The SMILES string of the molecule is [N].c1cnoc1. The zero-order valence-electron chi connectivity index (χ0n) is 3.03. The van der Waals surface area contributed by atoms with Crippen LogP contribution in [0.4, 0.5) is 0 Å². The maximum atomic E-state index is 4.33. The monoisotopic (exact) mass is 83.0 g/mol. The zero-order valence-corrected chi connectivity index (χ0v) is 3.03. The lowest BCUT2D eigenvalue weighted by Gasteiger charge is -1.48. The Hall–Kier alpha value is -0.830. The molecular weight excluding hydrogens is 80.0 g/mol. The van der Waals surface area contributed by atoms with E-state index in [9.17, 15) is 0 Å². The van der Waals surface area contributed by atoms with Crippen LogP contribution in [0.25, 0.3) is 0 Å². The van der Waals surface area contributed by atoms with Crippen LogP contribution in [0.1, 0.15) is 0 Å². The molecule has 0 N–H and O–H groups in total. The van der Waals surface area contributed by atoms with Crippen LogP contribution in [-0.4, -0.2) is 5.16 Å². The predicted octanol–water partition coefficient (Wildman–Crippen LogP) is 0.194. The first kappa shape index (κ1) is 5.17. The number of hydrogen-bond acceptors (Lipinski definition) is 2. The summed E-state index contributed by atoms with van der Waals surface area (Å²) in [5, 5.41) is 3.35. The summed E-state index contributed by atoms with van der Waals surface area (Å²) in [6.45, 7) is 0. The molecular formula is C3H3N2O. The van der Waals surface area contributed by atoms with E-state index >= 15 is 0 Å². The van der Waals surface area contributed by atoms with Crippen LogP contribution < -0.4 is 6.15 Å². The molecule has 3 nitrogen and oxygen atoms in total. The van der Waals surface area contributed by atoms with E-state index in [1.54, 1.807) is 12.3 Å². The minimum Gasteiger partial charge on any atom is -0.365 e. The molecule has 3 radical (unpaired) electrons. The van der Waals surface area contributed by atoms with E-state index in [1.165, 1.54) is 6.26 Å².